The Morgan fingerprint density at radius 1 is 1.09 bits per heavy atom. The highest BCUT2D eigenvalue weighted by molar-refractivity contribution is 7.90. The van der Waals surface area contributed by atoms with Crippen molar-refractivity contribution >= 4 is 43.7 Å². The highest BCUT2D eigenvalue weighted by Gasteiger charge is 2.11. The van der Waals surface area contributed by atoms with Crippen LogP contribution in [0.25, 0.3) is 10.9 Å². The molecule has 118 valence electrons. The van der Waals surface area contributed by atoms with Crippen LogP contribution in [0, 0.1) is 0 Å². The maximum atomic E-state index is 11.7. The van der Waals surface area contributed by atoms with E-state index in [0.717, 1.165) is 6.26 Å². The van der Waals surface area contributed by atoms with Crippen LogP contribution >= 0.6 is 11.6 Å². The van der Waals surface area contributed by atoms with Crippen LogP contribution in [-0.2, 0) is 9.84 Å². The Morgan fingerprint density at radius 2 is 1.87 bits per heavy atom. The summed E-state index contributed by atoms with van der Waals surface area (Å²) < 4.78 is 23.5. The summed E-state index contributed by atoms with van der Waals surface area (Å²) in [4.78, 5) is 4.46. The highest BCUT2D eigenvalue weighted by atomic mass is 35.5. The van der Waals surface area contributed by atoms with Crippen LogP contribution in [0.1, 0.15) is 0 Å². The number of aromatic nitrogens is 1. The monoisotopic (exact) mass is 348 g/mol. The first kappa shape index (κ1) is 15.6. The van der Waals surface area contributed by atoms with Crippen LogP contribution < -0.4 is 5.32 Å². The van der Waals surface area contributed by atoms with Gasteiger partial charge < -0.3 is 10.4 Å². The van der Waals surface area contributed by atoms with Gasteiger partial charge in [0.25, 0.3) is 0 Å². The minimum absolute atomic E-state index is 0.0690. The van der Waals surface area contributed by atoms with Gasteiger partial charge in [-0.3, -0.25) is 4.98 Å². The number of nitrogens with one attached hydrogen (secondary N) is 1. The third-order valence-electron chi connectivity index (χ3n) is 3.36. The summed E-state index contributed by atoms with van der Waals surface area (Å²) in [6, 6.07) is 11.1. The first-order valence-corrected chi connectivity index (χ1v) is 8.96. The number of hydrogen-bond acceptors (Lipinski definition) is 5. The van der Waals surface area contributed by atoms with Crippen LogP contribution in [0.15, 0.2) is 53.6 Å². The van der Waals surface area contributed by atoms with E-state index in [4.69, 9.17) is 11.6 Å². The van der Waals surface area contributed by atoms with Crippen LogP contribution in [0.4, 0.5) is 11.4 Å². The van der Waals surface area contributed by atoms with Gasteiger partial charge in [-0.15, -0.1) is 0 Å². The van der Waals surface area contributed by atoms with Crippen LogP contribution in [0.2, 0.25) is 5.02 Å². The molecule has 3 rings (SSSR count). The van der Waals surface area contributed by atoms with Crippen molar-refractivity contribution in [3.8, 4) is 5.75 Å². The lowest BCUT2D eigenvalue weighted by Gasteiger charge is -2.12. The van der Waals surface area contributed by atoms with E-state index in [1.165, 1.54) is 18.2 Å². The molecule has 0 aliphatic heterocycles. The third kappa shape index (κ3) is 3.23. The lowest BCUT2D eigenvalue weighted by molar-refractivity contribution is 0.475. The first-order valence-electron chi connectivity index (χ1n) is 6.69. The Hall–Kier alpha value is -2.31. The van der Waals surface area contributed by atoms with Crippen molar-refractivity contribution < 1.29 is 13.5 Å². The Morgan fingerprint density at radius 3 is 2.57 bits per heavy atom. The summed E-state index contributed by atoms with van der Waals surface area (Å²) in [6.07, 6.45) is 2.79. The molecule has 0 fully saturated rings. The molecule has 3 aromatic rings. The molecule has 2 N–H and O–H groups in total. The zero-order valence-electron chi connectivity index (χ0n) is 12.1. The van der Waals surface area contributed by atoms with E-state index in [2.05, 4.69) is 10.3 Å². The Labute approximate surface area is 138 Å². The molecule has 1 heterocycles. The van der Waals surface area contributed by atoms with Gasteiger partial charge in [0.2, 0.25) is 0 Å². The maximum Gasteiger partial charge on any atom is 0.175 e. The van der Waals surface area contributed by atoms with E-state index in [1.54, 1.807) is 30.5 Å². The number of hydrogen-bond donors (Lipinski definition) is 2. The lowest BCUT2D eigenvalue weighted by atomic mass is 10.2. The molecule has 1 aromatic heterocycles. The van der Waals surface area contributed by atoms with Crippen molar-refractivity contribution in [2.24, 2.45) is 0 Å². The standard InChI is InChI=1S/C16H13ClN2O3S/c1-23(21,22)11-3-5-14-12(9-11)15(6-7-18-14)19-16-4-2-10(20)8-13(16)17/h2-9,20H,1H3,(H,18,19). The van der Waals surface area contributed by atoms with E-state index in [1.807, 2.05) is 0 Å². The molecule has 0 saturated carbocycles. The van der Waals surface area contributed by atoms with Gasteiger partial charge in [0.05, 0.1) is 21.1 Å². The SMILES string of the molecule is CS(=O)(=O)c1ccc2nccc(Nc3ccc(O)cc3Cl)c2c1. The van der Waals surface area contributed by atoms with Crippen molar-refractivity contribution in [2.45, 2.75) is 4.90 Å². The van der Waals surface area contributed by atoms with Crippen molar-refractivity contribution in [1.82, 2.24) is 4.98 Å². The minimum atomic E-state index is -3.31. The number of rotatable bonds is 3. The number of aromatic hydroxyl groups is 1. The normalized spacial score (nSPS) is 11.6. The number of anilines is 2. The van der Waals surface area contributed by atoms with Crippen molar-refractivity contribution in [1.29, 1.82) is 0 Å². The van der Waals surface area contributed by atoms with Crippen LogP contribution in [0.3, 0.4) is 0 Å². The summed E-state index contributed by atoms with van der Waals surface area (Å²) in [5.74, 6) is 0.0690. The Kier molecular flexibility index (Phi) is 3.87. The molecular weight excluding hydrogens is 336 g/mol. The molecule has 0 atom stereocenters. The largest absolute Gasteiger partial charge is 0.508 e. The van der Waals surface area contributed by atoms with Gasteiger partial charge in [-0.25, -0.2) is 8.42 Å². The van der Waals surface area contributed by atoms with Crippen molar-refractivity contribution in [3.63, 3.8) is 0 Å². The predicted molar refractivity (Wildman–Crippen MR) is 91.3 cm³/mol. The van der Waals surface area contributed by atoms with Gasteiger partial charge in [-0.2, -0.15) is 0 Å². The molecule has 0 radical (unpaired) electrons. The number of benzene rings is 2. The summed E-state index contributed by atoms with van der Waals surface area (Å²) in [6.45, 7) is 0. The fourth-order valence-corrected chi connectivity index (χ4v) is 3.08. The number of nitrogens with zero attached hydrogens (tertiary/aromatic N) is 1. The van der Waals surface area contributed by atoms with E-state index in [9.17, 15) is 13.5 Å². The van der Waals surface area contributed by atoms with Crippen LogP contribution in [0.5, 0.6) is 5.75 Å². The number of phenols is 1. The van der Waals surface area contributed by atoms with E-state index >= 15 is 0 Å². The van der Waals surface area contributed by atoms with E-state index < -0.39 is 9.84 Å². The van der Waals surface area contributed by atoms with Gasteiger partial charge in [0.15, 0.2) is 9.84 Å². The molecule has 0 unspecified atom stereocenters. The molecule has 2 aromatic carbocycles. The number of phenolic OH excluding ortho intramolecular Hbond substituents is 1. The van der Waals surface area contributed by atoms with Crippen LogP contribution in [-0.4, -0.2) is 24.8 Å². The summed E-state index contributed by atoms with van der Waals surface area (Å²) >= 11 is 6.10. The molecule has 0 spiro atoms. The summed E-state index contributed by atoms with van der Waals surface area (Å²) in [7, 11) is -3.31. The molecule has 0 saturated heterocycles. The van der Waals surface area contributed by atoms with E-state index in [-0.39, 0.29) is 10.6 Å². The van der Waals surface area contributed by atoms with Gasteiger partial charge in [0, 0.05) is 29.6 Å². The predicted octanol–water partition coefficient (Wildman–Crippen LogP) is 3.74. The number of sulfone groups is 1. The fourth-order valence-electron chi connectivity index (χ4n) is 2.22. The molecule has 0 amide bonds. The van der Waals surface area contributed by atoms with Crippen molar-refractivity contribution in [2.75, 3.05) is 11.6 Å². The second-order valence-electron chi connectivity index (χ2n) is 5.10. The Bertz CT molecular complexity index is 1000. The second kappa shape index (κ2) is 5.72. The quantitative estimate of drug-likeness (QED) is 0.705. The third-order valence-corrected chi connectivity index (χ3v) is 4.79. The molecular formula is C16H13ClN2O3S. The minimum Gasteiger partial charge on any atom is -0.508 e. The van der Waals surface area contributed by atoms with Gasteiger partial charge in [0.1, 0.15) is 5.75 Å². The summed E-state index contributed by atoms with van der Waals surface area (Å²) in [5.41, 5.74) is 1.94. The number of halogens is 1. The molecule has 5 nitrogen and oxygen atoms in total. The Balaban J connectivity index is 2.13. The van der Waals surface area contributed by atoms with Gasteiger partial charge >= 0.3 is 0 Å². The second-order valence-corrected chi connectivity index (χ2v) is 7.52. The van der Waals surface area contributed by atoms with E-state index in [0.29, 0.717) is 27.3 Å². The molecule has 0 aliphatic carbocycles. The number of pyridine rings is 1. The molecule has 0 aliphatic rings. The zero-order chi connectivity index (χ0) is 16.6. The average Bonchev–Trinajstić information content (AvgIpc) is 2.49. The smallest absolute Gasteiger partial charge is 0.175 e. The lowest BCUT2D eigenvalue weighted by Crippen LogP contribution is -1.98. The van der Waals surface area contributed by atoms with Crippen molar-refractivity contribution in [3.05, 3.63) is 53.7 Å². The topological polar surface area (TPSA) is 79.3 Å². The first-order chi connectivity index (χ1) is 10.8. The van der Waals surface area contributed by atoms with Gasteiger partial charge in [-0.1, -0.05) is 11.6 Å². The fraction of sp³-hybridized carbons (Fsp3) is 0.0625. The highest BCUT2D eigenvalue weighted by Crippen LogP contribution is 2.32. The summed E-state index contributed by atoms with van der Waals surface area (Å²) in [5, 5.41) is 13.6. The molecule has 23 heavy (non-hydrogen) atoms. The van der Waals surface area contributed by atoms with Gasteiger partial charge in [-0.05, 0) is 36.4 Å². The average molecular weight is 349 g/mol. The maximum absolute atomic E-state index is 11.7. The zero-order valence-corrected chi connectivity index (χ0v) is 13.7. The molecule has 7 heteroatoms. The molecule has 0 bridgehead atoms. The number of fused-ring (bicyclic) bond motifs is 1.